The number of nitro groups is 1. The molecule has 0 atom stereocenters. The largest absolute Gasteiger partial charge is 0.543 e. The Bertz CT molecular complexity index is 336. The van der Waals surface area contributed by atoms with Crippen molar-refractivity contribution < 1.29 is 14.6 Å². The fourth-order valence-electron chi connectivity index (χ4n) is 0.941. The Morgan fingerprint density at radius 2 is 2.17 bits per heavy atom. The van der Waals surface area contributed by atoms with Gasteiger partial charge in [-0.3, -0.25) is 10.1 Å². The molecule has 5 nitrogen and oxygen atoms in total. The molecular formula is C7H9N2O3+. The van der Waals surface area contributed by atoms with E-state index in [0.717, 1.165) is 5.69 Å². The predicted molar refractivity (Wildman–Crippen MR) is 40.7 cm³/mol. The first-order valence-electron chi connectivity index (χ1n) is 3.37. The molecule has 1 N–H and O–H groups in total. The first-order valence-corrected chi connectivity index (χ1v) is 3.37. The van der Waals surface area contributed by atoms with E-state index in [2.05, 4.69) is 0 Å². The summed E-state index contributed by atoms with van der Waals surface area (Å²) in [5.41, 5.74) is 0.722. The van der Waals surface area contributed by atoms with Gasteiger partial charge in [0.25, 0.3) is 5.75 Å². The Kier molecular flexibility index (Phi) is 1.95. The second-order valence-electron chi connectivity index (χ2n) is 2.50. The van der Waals surface area contributed by atoms with E-state index < -0.39 is 4.92 Å². The van der Waals surface area contributed by atoms with Gasteiger partial charge in [0.1, 0.15) is 12.0 Å². The molecule has 0 spiro atoms. The minimum Gasteiger partial charge on any atom is -0.497 e. The minimum atomic E-state index is -0.609. The van der Waals surface area contributed by atoms with Crippen LogP contribution in [0.25, 0.3) is 0 Å². The van der Waals surface area contributed by atoms with Crippen molar-refractivity contribution in [2.75, 3.05) is 0 Å². The molecule has 0 aromatic carbocycles. The van der Waals surface area contributed by atoms with Crippen molar-refractivity contribution in [3.63, 3.8) is 0 Å². The van der Waals surface area contributed by atoms with E-state index >= 15 is 0 Å². The highest BCUT2D eigenvalue weighted by atomic mass is 16.6. The van der Waals surface area contributed by atoms with Crippen LogP contribution in [0.3, 0.4) is 0 Å². The second-order valence-corrected chi connectivity index (χ2v) is 2.50. The van der Waals surface area contributed by atoms with Gasteiger partial charge in [0.05, 0.1) is 0 Å². The summed E-state index contributed by atoms with van der Waals surface area (Å²) in [6.07, 6.45) is 0. The molecule has 0 bridgehead atoms. The van der Waals surface area contributed by atoms with E-state index in [-0.39, 0.29) is 11.6 Å². The van der Waals surface area contributed by atoms with Crippen LogP contribution < -0.4 is 4.57 Å². The van der Waals surface area contributed by atoms with Crippen molar-refractivity contribution in [3.05, 3.63) is 27.9 Å². The van der Waals surface area contributed by atoms with Crippen LogP contribution in [0.4, 0.5) is 5.82 Å². The lowest BCUT2D eigenvalue weighted by atomic mass is 10.3. The third kappa shape index (κ3) is 1.20. The van der Waals surface area contributed by atoms with Crippen molar-refractivity contribution in [1.82, 2.24) is 0 Å². The molecule has 0 aliphatic carbocycles. The SMILES string of the molecule is Cc1ccc(O)c([N+](=O)[O-])[n+]1C. The molecule has 12 heavy (non-hydrogen) atoms. The van der Waals surface area contributed by atoms with Gasteiger partial charge in [0.2, 0.25) is 0 Å². The summed E-state index contributed by atoms with van der Waals surface area (Å²) in [5.74, 6) is -0.594. The molecule has 0 amide bonds. The van der Waals surface area contributed by atoms with Crippen LogP contribution in [0.1, 0.15) is 5.69 Å². The predicted octanol–water partition coefficient (Wildman–Crippen LogP) is 0.433. The van der Waals surface area contributed by atoms with E-state index in [0.29, 0.717) is 0 Å². The molecule has 1 aromatic heterocycles. The molecular weight excluding hydrogens is 160 g/mol. The summed E-state index contributed by atoms with van der Waals surface area (Å²) < 4.78 is 1.33. The number of hydrogen-bond donors (Lipinski definition) is 1. The van der Waals surface area contributed by atoms with Gasteiger partial charge in [0.15, 0.2) is 5.69 Å². The van der Waals surface area contributed by atoms with E-state index in [1.807, 2.05) is 0 Å². The fraction of sp³-hybridized carbons (Fsp3) is 0.286. The summed E-state index contributed by atoms with van der Waals surface area (Å²) >= 11 is 0. The van der Waals surface area contributed by atoms with Crippen molar-refractivity contribution in [2.45, 2.75) is 6.92 Å². The molecule has 1 heterocycles. The Morgan fingerprint density at radius 1 is 1.58 bits per heavy atom. The normalized spacial score (nSPS) is 9.83. The quantitative estimate of drug-likeness (QED) is 0.376. The molecule has 0 unspecified atom stereocenters. The van der Waals surface area contributed by atoms with Gasteiger partial charge < -0.3 is 5.11 Å². The minimum absolute atomic E-state index is 0.282. The number of aromatic nitrogens is 1. The maximum Gasteiger partial charge on any atom is 0.543 e. The van der Waals surface area contributed by atoms with Crippen LogP contribution >= 0.6 is 0 Å². The lowest BCUT2D eigenvalue weighted by molar-refractivity contribution is -0.721. The van der Waals surface area contributed by atoms with Crippen molar-refractivity contribution in [3.8, 4) is 5.75 Å². The maximum atomic E-state index is 10.4. The van der Waals surface area contributed by atoms with Crippen molar-refractivity contribution in [2.24, 2.45) is 7.05 Å². The van der Waals surface area contributed by atoms with Gasteiger partial charge in [-0.05, 0) is 0 Å². The zero-order valence-corrected chi connectivity index (χ0v) is 6.81. The van der Waals surface area contributed by atoms with Crippen LogP contribution in [0, 0.1) is 17.0 Å². The summed E-state index contributed by atoms with van der Waals surface area (Å²) in [6.45, 7) is 1.73. The number of rotatable bonds is 1. The zero-order valence-electron chi connectivity index (χ0n) is 6.81. The molecule has 64 valence electrons. The molecule has 0 saturated carbocycles. The Morgan fingerprint density at radius 3 is 2.58 bits per heavy atom. The first kappa shape index (κ1) is 8.45. The molecule has 5 heteroatoms. The van der Waals surface area contributed by atoms with Crippen molar-refractivity contribution in [1.29, 1.82) is 0 Å². The molecule has 0 aliphatic rings. The lowest BCUT2D eigenvalue weighted by Gasteiger charge is -1.95. The third-order valence-corrected chi connectivity index (χ3v) is 1.73. The molecule has 0 aliphatic heterocycles. The van der Waals surface area contributed by atoms with Crippen molar-refractivity contribution >= 4 is 5.82 Å². The topological polar surface area (TPSA) is 67.2 Å². The highest BCUT2D eigenvalue weighted by Gasteiger charge is 2.26. The van der Waals surface area contributed by atoms with Crippen LogP contribution in [0.2, 0.25) is 0 Å². The number of aryl methyl sites for hydroxylation is 1. The average Bonchev–Trinajstić information content (AvgIpc) is 1.97. The maximum absolute atomic E-state index is 10.4. The summed E-state index contributed by atoms with van der Waals surface area (Å²) in [5, 5.41) is 19.5. The molecule has 0 saturated heterocycles. The standard InChI is InChI=1S/C7H8N2O3/c1-5-3-4-6(10)7(8(5)2)9(11)12/h3-4H,1-2H3/p+1. The van der Waals surface area contributed by atoms with E-state index in [9.17, 15) is 10.1 Å². The number of hydrogen-bond acceptors (Lipinski definition) is 3. The van der Waals surface area contributed by atoms with E-state index in [4.69, 9.17) is 5.11 Å². The van der Waals surface area contributed by atoms with Crippen LogP contribution in [0.5, 0.6) is 5.75 Å². The van der Waals surface area contributed by atoms with E-state index in [1.165, 1.54) is 17.7 Å². The van der Waals surface area contributed by atoms with Crippen LogP contribution in [0.15, 0.2) is 12.1 Å². The van der Waals surface area contributed by atoms with Gasteiger partial charge in [-0.15, -0.1) is 4.57 Å². The van der Waals surface area contributed by atoms with Crippen LogP contribution in [-0.2, 0) is 7.05 Å². The van der Waals surface area contributed by atoms with E-state index in [1.54, 1.807) is 13.0 Å². The molecule has 0 fully saturated rings. The smallest absolute Gasteiger partial charge is 0.497 e. The second kappa shape index (κ2) is 2.77. The first-order chi connectivity index (χ1) is 5.54. The Labute approximate surface area is 69.0 Å². The Balaban J connectivity index is 3.43. The monoisotopic (exact) mass is 169 g/mol. The molecule has 1 rings (SSSR count). The average molecular weight is 169 g/mol. The molecule has 1 aromatic rings. The fourth-order valence-corrected chi connectivity index (χ4v) is 0.941. The highest BCUT2D eigenvalue weighted by Crippen LogP contribution is 2.19. The summed E-state index contributed by atoms with van der Waals surface area (Å²) in [4.78, 5) is 9.81. The zero-order chi connectivity index (χ0) is 9.30. The molecule has 0 radical (unpaired) electrons. The number of pyridine rings is 1. The van der Waals surface area contributed by atoms with Crippen LogP contribution in [-0.4, -0.2) is 10.0 Å². The van der Waals surface area contributed by atoms with Gasteiger partial charge in [-0.1, -0.05) is 0 Å². The number of aromatic hydroxyl groups is 1. The highest BCUT2D eigenvalue weighted by molar-refractivity contribution is 5.33. The summed E-state index contributed by atoms with van der Waals surface area (Å²) in [7, 11) is 1.53. The van der Waals surface area contributed by atoms with Gasteiger partial charge in [0, 0.05) is 19.1 Å². The number of nitrogens with zero attached hydrogens (tertiary/aromatic N) is 2. The lowest BCUT2D eigenvalue weighted by Crippen LogP contribution is -2.34. The van der Waals surface area contributed by atoms with Gasteiger partial charge >= 0.3 is 5.82 Å². The third-order valence-electron chi connectivity index (χ3n) is 1.73. The Hall–Kier alpha value is -1.65. The summed E-state index contributed by atoms with van der Waals surface area (Å²) in [6, 6.07) is 2.93. The van der Waals surface area contributed by atoms with Gasteiger partial charge in [-0.2, -0.15) is 0 Å². The van der Waals surface area contributed by atoms with Gasteiger partial charge in [-0.25, -0.2) is 0 Å².